The molecule has 0 spiro atoms. The van der Waals surface area contributed by atoms with Crippen LogP contribution in [-0.2, 0) is 12.7 Å². The molecule has 4 aromatic rings. The summed E-state index contributed by atoms with van der Waals surface area (Å²) in [7, 11) is 0. The molecule has 1 aromatic carbocycles. The molecule has 0 unspecified atom stereocenters. The van der Waals surface area contributed by atoms with Crippen LogP contribution in [0.4, 0.5) is 19.0 Å². The van der Waals surface area contributed by atoms with Crippen molar-refractivity contribution in [3.63, 3.8) is 0 Å². The van der Waals surface area contributed by atoms with E-state index in [0.717, 1.165) is 36.6 Å². The van der Waals surface area contributed by atoms with E-state index in [2.05, 4.69) is 15.0 Å². The Labute approximate surface area is 187 Å². The summed E-state index contributed by atoms with van der Waals surface area (Å²) in [6.07, 6.45) is -1.95. The topological polar surface area (TPSA) is 89.4 Å². The van der Waals surface area contributed by atoms with Crippen molar-refractivity contribution in [1.29, 1.82) is 0 Å². The van der Waals surface area contributed by atoms with Crippen molar-refractivity contribution in [2.24, 2.45) is 0 Å². The lowest BCUT2D eigenvalue weighted by Gasteiger charge is -2.22. The summed E-state index contributed by atoms with van der Waals surface area (Å²) >= 11 is 0. The van der Waals surface area contributed by atoms with Gasteiger partial charge < -0.3 is 10.6 Å². The number of nitrogens with two attached hydrogens (primary N) is 1. The molecule has 1 amide bonds. The third-order valence-electron chi connectivity index (χ3n) is 5.90. The summed E-state index contributed by atoms with van der Waals surface area (Å²) in [5, 5.41) is 0. The van der Waals surface area contributed by atoms with Crippen LogP contribution in [0.25, 0.3) is 16.6 Å². The Morgan fingerprint density at radius 1 is 1.18 bits per heavy atom. The normalized spacial score (nSPS) is 14.2. The van der Waals surface area contributed by atoms with Crippen molar-refractivity contribution in [3.8, 4) is 0 Å². The van der Waals surface area contributed by atoms with E-state index in [1.54, 1.807) is 23.1 Å². The SMILES string of the molecule is Cc1nc(C)n2c1c(N)nc1ccc(C(=O)N(Cc3ccc(C(F)(F)F)cn3)C3CC3)cc12. The lowest BCUT2D eigenvalue weighted by atomic mass is 10.1. The molecule has 0 aliphatic heterocycles. The number of aryl methyl sites for hydroxylation is 2. The largest absolute Gasteiger partial charge is 0.417 e. The maximum Gasteiger partial charge on any atom is 0.417 e. The summed E-state index contributed by atoms with van der Waals surface area (Å²) in [5.41, 5.74) is 8.99. The second-order valence-corrected chi connectivity index (χ2v) is 8.33. The number of carbonyl (C=O) groups excluding carboxylic acids is 1. The van der Waals surface area contributed by atoms with E-state index in [-0.39, 0.29) is 18.5 Å². The Kier molecular flexibility index (Phi) is 4.77. The first-order chi connectivity index (χ1) is 15.6. The Morgan fingerprint density at radius 3 is 2.58 bits per heavy atom. The van der Waals surface area contributed by atoms with Gasteiger partial charge >= 0.3 is 6.18 Å². The van der Waals surface area contributed by atoms with Crippen molar-refractivity contribution in [3.05, 3.63) is 64.9 Å². The van der Waals surface area contributed by atoms with Crippen molar-refractivity contribution in [2.75, 3.05) is 5.73 Å². The number of amides is 1. The predicted molar refractivity (Wildman–Crippen MR) is 117 cm³/mol. The highest BCUT2D eigenvalue weighted by Gasteiger charge is 2.34. The first kappa shape index (κ1) is 21.2. The number of carbonyl (C=O) groups is 1. The summed E-state index contributed by atoms with van der Waals surface area (Å²) in [6, 6.07) is 7.55. The van der Waals surface area contributed by atoms with Gasteiger partial charge in [0.1, 0.15) is 17.2 Å². The number of hydrogen-bond acceptors (Lipinski definition) is 5. The van der Waals surface area contributed by atoms with Gasteiger partial charge in [-0.2, -0.15) is 13.2 Å². The molecule has 3 heterocycles. The van der Waals surface area contributed by atoms with Gasteiger partial charge in [-0.3, -0.25) is 14.2 Å². The minimum absolute atomic E-state index is 0.0408. The fourth-order valence-electron chi connectivity index (χ4n) is 4.16. The van der Waals surface area contributed by atoms with Crippen molar-refractivity contribution < 1.29 is 18.0 Å². The molecule has 1 aliphatic rings. The van der Waals surface area contributed by atoms with E-state index in [4.69, 9.17) is 5.73 Å². The van der Waals surface area contributed by atoms with Gasteiger partial charge in [0.15, 0.2) is 0 Å². The Hall–Kier alpha value is -3.69. The van der Waals surface area contributed by atoms with Gasteiger partial charge in [0, 0.05) is 17.8 Å². The van der Waals surface area contributed by atoms with Gasteiger partial charge in [-0.1, -0.05) is 0 Å². The number of aromatic nitrogens is 4. The number of halogens is 3. The number of hydrogen-bond donors (Lipinski definition) is 1. The molecular weight excluding hydrogens is 433 g/mol. The van der Waals surface area contributed by atoms with Crippen LogP contribution in [0, 0.1) is 13.8 Å². The number of alkyl halides is 3. The maximum atomic E-state index is 13.4. The number of pyridine rings is 1. The minimum Gasteiger partial charge on any atom is -0.382 e. The zero-order valence-corrected chi connectivity index (χ0v) is 18.0. The van der Waals surface area contributed by atoms with Crippen molar-refractivity contribution in [1.82, 2.24) is 24.3 Å². The molecule has 170 valence electrons. The van der Waals surface area contributed by atoms with E-state index in [9.17, 15) is 18.0 Å². The highest BCUT2D eigenvalue weighted by atomic mass is 19.4. The second-order valence-electron chi connectivity index (χ2n) is 8.33. The van der Waals surface area contributed by atoms with Crippen LogP contribution >= 0.6 is 0 Å². The molecule has 1 saturated carbocycles. The molecule has 33 heavy (non-hydrogen) atoms. The lowest BCUT2D eigenvalue weighted by molar-refractivity contribution is -0.137. The van der Waals surface area contributed by atoms with Gasteiger partial charge in [-0.25, -0.2) is 9.97 Å². The van der Waals surface area contributed by atoms with Crippen LogP contribution in [0.15, 0.2) is 36.5 Å². The summed E-state index contributed by atoms with van der Waals surface area (Å²) < 4.78 is 40.4. The summed E-state index contributed by atoms with van der Waals surface area (Å²) in [6.45, 7) is 3.85. The van der Waals surface area contributed by atoms with Crippen LogP contribution < -0.4 is 5.73 Å². The number of rotatable bonds is 4. The predicted octanol–water partition coefficient (Wildman–Crippen LogP) is 4.30. The van der Waals surface area contributed by atoms with Gasteiger partial charge in [-0.15, -0.1) is 0 Å². The van der Waals surface area contributed by atoms with Gasteiger partial charge in [0.2, 0.25) is 0 Å². The molecule has 1 fully saturated rings. The lowest BCUT2D eigenvalue weighted by Crippen LogP contribution is -2.33. The Bertz CT molecular complexity index is 1390. The van der Waals surface area contributed by atoms with Crippen LogP contribution in [0.1, 0.15) is 46.0 Å². The average molecular weight is 454 g/mol. The summed E-state index contributed by atoms with van der Waals surface area (Å²) in [4.78, 5) is 28.0. The molecule has 3 aromatic heterocycles. The first-order valence-electron chi connectivity index (χ1n) is 10.5. The highest BCUT2D eigenvalue weighted by molar-refractivity contribution is 5.98. The summed E-state index contributed by atoms with van der Waals surface area (Å²) in [5.74, 6) is 0.896. The third-order valence-corrected chi connectivity index (χ3v) is 5.90. The number of fused-ring (bicyclic) bond motifs is 3. The van der Waals surface area contributed by atoms with Gasteiger partial charge in [0.05, 0.1) is 34.5 Å². The molecule has 2 N–H and O–H groups in total. The zero-order chi connectivity index (χ0) is 23.5. The first-order valence-corrected chi connectivity index (χ1v) is 10.5. The van der Waals surface area contributed by atoms with Crippen molar-refractivity contribution >= 4 is 28.3 Å². The van der Waals surface area contributed by atoms with Crippen LogP contribution in [0.3, 0.4) is 0 Å². The fourth-order valence-corrected chi connectivity index (χ4v) is 4.16. The molecule has 1 aliphatic carbocycles. The quantitative estimate of drug-likeness (QED) is 0.497. The Morgan fingerprint density at radius 2 is 1.94 bits per heavy atom. The van der Waals surface area contributed by atoms with E-state index in [0.29, 0.717) is 33.6 Å². The standard InChI is InChI=1S/C23H21F3N6O/c1-12-20-21(27)30-18-8-3-14(9-19(18)32(20)13(2)29-12)22(33)31(17-6-7-17)11-16-5-4-15(10-28-16)23(24,25)26/h3-5,8-10,17H,6-7,11H2,1-2H3,(H2,27,30). The van der Waals surface area contributed by atoms with E-state index >= 15 is 0 Å². The molecule has 5 rings (SSSR count). The molecule has 0 saturated heterocycles. The smallest absolute Gasteiger partial charge is 0.382 e. The zero-order valence-electron chi connectivity index (χ0n) is 18.0. The molecule has 0 radical (unpaired) electrons. The van der Waals surface area contributed by atoms with E-state index < -0.39 is 11.7 Å². The monoisotopic (exact) mass is 454 g/mol. The highest BCUT2D eigenvalue weighted by Crippen LogP contribution is 2.32. The number of anilines is 1. The molecule has 0 bridgehead atoms. The molecule has 10 heteroatoms. The van der Waals surface area contributed by atoms with E-state index in [1.807, 2.05) is 18.2 Å². The van der Waals surface area contributed by atoms with E-state index in [1.165, 1.54) is 6.07 Å². The maximum absolute atomic E-state index is 13.4. The number of benzene rings is 1. The van der Waals surface area contributed by atoms with Crippen molar-refractivity contribution in [2.45, 2.75) is 45.5 Å². The Balaban J connectivity index is 1.51. The van der Waals surface area contributed by atoms with Gasteiger partial charge in [-0.05, 0) is 57.0 Å². The number of imidazole rings is 1. The van der Waals surface area contributed by atoms with Crippen LogP contribution in [-0.4, -0.2) is 36.2 Å². The number of nitrogen functional groups attached to an aromatic ring is 1. The fraction of sp³-hybridized carbons (Fsp3) is 0.304. The van der Waals surface area contributed by atoms with Crippen LogP contribution in [0.2, 0.25) is 0 Å². The minimum atomic E-state index is -4.45. The second kappa shape index (κ2) is 7.43. The van der Waals surface area contributed by atoms with Gasteiger partial charge in [0.25, 0.3) is 5.91 Å². The molecule has 0 atom stereocenters. The van der Waals surface area contributed by atoms with Crippen LogP contribution in [0.5, 0.6) is 0 Å². The third kappa shape index (κ3) is 3.75. The number of nitrogens with zero attached hydrogens (tertiary/aromatic N) is 5. The average Bonchev–Trinajstić information content (AvgIpc) is 3.55. The molecular formula is C23H21F3N6O. The molecule has 7 nitrogen and oxygen atoms in total.